The molecule has 33 heavy (non-hydrogen) atoms. The van der Waals surface area contributed by atoms with Crippen LogP contribution in [0.3, 0.4) is 0 Å². The van der Waals surface area contributed by atoms with Gasteiger partial charge >= 0.3 is 6.03 Å². The molecule has 10 nitrogen and oxygen atoms in total. The van der Waals surface area contributed by atoms with Crippen molar-refractivity contribution in [1.29, 1.82) is 0 Å². The molecule has 0 bridgehead atoms. The second-order valence-electron chi connectivity index (χ2n) is 8.74. The summed E-state index contributed by atoms with van der Waals surface area (Å²) < 4.78 is 5.14. The molecular weight excluding hydrogens is 448 g/mol. The van der Waals surface area contributed by atoms with Crippen molar-refractivity contribution in [2.24, 2.45) is 11.8 Å². The molecule has 2 atom stereocenters. The zero-order valence-corrected chi connectivity index (χ0v) is 19.3. The van der Waals surface area contributed by atoms with E-state index in [9.17, 15) is 24.0 Å². The van der Waals surface area contributed by atoms with Gasteiger partial charge in [-0.1, -0.05) is 19.3 Å². The number of urea groups is 1. The van der Waals surface area contributed by atoms with Crippen LogP contribution in [0.4, 0.5) is 10.5 Å². The largest absolute Gasteiger partial charge is 0.349 e. The maximum Gasteiger partial charge on any atom is 0.328 e. The minimum absolute atomic E-state index is 0.0811. The number of thiophene rings is 1. The number of carbonyl (C=O) groups excluding carboxylic acids is 5. The lowest BCUT2D eigenvalue weighted by atomic mass is 9.75. The Hall–Kier alpha value is -2.79. The number of hydrogen-bond acceptors (Lipinski definition) is 7. The molecule has 2 aliphatic heterocycles. The lowest BCUT2D eigenvalue weighted by Crippen LogP contribution is -2.74. The molecule has 0 radical (unpaired) electrons. The summed E-state index contributed by atoms with van der Waals surface area (Å²) in [5, 5.41) is 9.46. The van der Waals surface area contributed by atoms with Crippen molar-refractivity contribution in [2.75, 3.05) is 25.5 Å². The Morgan fingerprint density at radius 3 is 2.61 bits per heavy atom. The standard InChI is InChI=1S/C22H28N4O6S/c1-32-22(12-23-20(22)30)25-17(27)11-16-15(8-10-33-16)24-21(31)26-9-7-14(18(28)19(26)29)13-5-3-2-4-6-13/h8,10,13-14H,2-7,9,11-12H2,1H3,(H,23,30)(H,24,31)(H,25,27). The number of β-lactam (4-membered cyclic amide) rings is 1. The molecule has 3 fully saturated rings. The highest BCUT2D eigenvalue weighted by Crippen LogP contribution is 2.34. The molecule has 1 saturated carbocycles. The molecule has 0 aromatic carbocycles. The summed E-state index contributed by atoms with van der Waals surface area (Å²) in [6.07, 6.45) is 5.66. The number of hydrogen-bond donors (Lipinski definition) is 3. The van der Waals surface area contributed by atoms with E-state index in [1.165, 1.54) is 24.9 Å². The van der Waals surface area contributed by atoms with Crippen LogP contribution in [0.1, 0.15) is 43.4 Å². The van der Waals surface area contributed by atoms with Crippen molar-refractivity contribution in [3.63, 3.8) is 0 Å². The highest BCUT2D eigenvalue weighted by atomic mass is 32.1. The first-order valence-electron chi connectivity index (χ1n) is 11.2. The number of carbonyl (C=O) groups is 5. The Bertz CT molecular complexity index is 968. The highest BCUT2D eigenvalue weighted by molar-refractivity contribution is 7.10. The Balaban J connectivity index is 1.35. The first-order chi connectivity index (χ1) is 15.8. The van der Waals surface area contributed by atoms with Crippen molar-refractivity contribution < 1.29 is 28.7 Å². The monoisotopic (exact) mass is 476 g/mol. The number of rotatable bonds is 6. The molecule has 1 aromatic heterocycles. The quantitative estimate of drug-likeness (QED) is 0.323. The van der Waals surface area contributed by atoms with Crippen LogP contribution < -0.4 is 16.0 Å². The lowest BCUT2D eigenvalue weighted by molar-refractivity contribution is -0.166. The molecular formula is C22H28N4O6S. The molecule has 3 N–H and O–H groups in total. The lowest BCUT2D eigenvalue weighted by Gasteiger charge is -2.39. The van der Waals surface area contributed by atoms with Gasteiger partial charge in [-0.15, -0.1) is 11.3 Å². The minimum Gasteiger partial charge on any atom is -0.349 e. The number of amides is 5. The van der Waals surface area contributed by atoms with Crippen LogP contribution in [0, 0.1) is 11.8 Å². The van der Waals surface area contributed by atoms with E-state index in [4.69, 9.17) is 4.74 Å². The third-order valence-corrected chi connectivity index (χ3v) is 7.70. The molecule has 1 aliphatic carbocycles. The van der Waals surface area contributed by atoms with E-state index < -0.39 is 35.3 Å². The van der Waals surface area contributed by atoms with Gasteiger partial charge in [-0.2, -0.15) is 0 Å². The van der Waals surface area contributed by atoms with Crippen molar-refractivity contribution in [3.8, 4) is 0 Å². The fourth-order valence-corrected chi connectivity index (χ4v) is 5.63. The molecule has 3 aliphatic rings. The van der Waals surface area contributed by atoms with Crippen molar-refractivity contribution >= 4 is 46.6 Å². The average molecular weight is 477 g/mol. The normalized spacial score (nSPS) is 25.9. The third kappa shape index (κ3) is 4.65. The van der Waals surface area contributed by atoms with Gasteiger partial charge in [-0.3, -0.25) is 24.1 Å². The zero-order valence-electron chi connectivity index (χ0n) is 18.5. The molecule has 0 spiro atoms. The van der Waals surface area contributed by atoms with Crippen LogP contribution in [-0.4, -0.2) is 60.4 Å². The number of nitrogens with one attached hydrogen (secondary N) is 3. The SMILES string of the molecule is COC1(NC(=O)Cc2sccc2NC(=O)N2CCC(C3CCCCC3)C(=O)C2=O)CNC1=O. The highest BCUT2D eigenvalue weighted by Gasteiger charge is 2.48. The van der Waals surface area contributed by atoms with Gasteiger partial charge in [0.2, 0.25) is 17.4 Å². The number of ketones is 1. The number of Topliss-reactive ketones (excluding diaryl/α,β-unsaturated/α-hetero) is 1. The summed E-state index contributed by atoms with van der Waals surface area (Å²) >= 11 is 1.26. The van der Waals surface area contributed by atoms with E-state index >= 15 is 0 Å². The summed E-state index contributed by atoms with van der Waals surface area (Å²) in [6, 6.07) is 0.955. The molecule has 11 heteroatoms. The van der Waals surface area contributed by atoms with E-state index in [0.29, 0.717) is 17.0 Å². The predicted octanol–water partition coefficient (Wildman–Crippen LogP) is 1.41. The molecule has 2 unspecified atom stereocenters. The number of methoxy groups -OCH3 is 1. The predicted molar refractivity (Wildman–Crippen MR) is 119 cm³/mol. The number of anilines is 1. The van der Waals surface area contributed by atoms with Crippen molar-refractivity contribution in [2.45, 2.75) is 50.7 Å². The van der Waals surface area contributed by atoms with E-state index in [0.717, 1.165) is 30.6 Å². The maximum absolute atomic E-state index is 12.8. The first-order valence-corrected chi connectivity index (χ1v) is 12.1. The number of imide groups is 1. The number of ether oxygens (including phenoxy) is 1. The van der Waals surface area contributed by atoms with Gasteiger partial charge in [0.15, 0.2) is 0 Å². The second kappa shape index (κ2) is 9.60. The zero-order chi connectivity index (χ0) is 23.6. The summed E-state index contributed by atoms with van der Waals surface area (Å²) in [4.78, 5) is 63.9. The van der Waals surface area contributed by atoms with Gasteiger partial charge in [0.1, 0.15) is 0 Å². The van der Waals surface area contributed by atoms with Crippen LogP contribution in [0.5, 0.6) is 0 Å². The molecule has 5 amide bonds. The van der Waals surface area contributed by atoms with Gasteiger partial charge in [-0.05, 0) is 36.6 Å². The fourth-order valence-electron chi connectivity index (χ4n) is 4.80. The van der Waals surface area contributed by atoms with E-state index in [2.05, 4.69) is 16.0 Å². The van der Waals surface area contributed by atoms with Gasteiger partial charge in [0, 0.05) is 24.4 Å². The molecule has 1 aromatic rings. The van der Waals surface area contributed by atoms with Gasteiger partial charge in [0.05, 0.1) is 18.7 Å². The number of nitrogens with zero attached hydrogens (tertiary/aromatic N) is 1. The molecule has 4 rings (SSSR count). The van der Waals surface area contributed by atoms with E-state index in [1.807, 2.05) is 0 Å². The Morgan fingerprint density at radius 1 is 1.21 bits per heavy atom. The second-order valence-corrected chi connectivity index (χ2v) is 9.74. The third-order valence-electron chi connectivity index (χ3n) is 6.78. The summed E-state index contributed by atoms with van der Waals surface area (Å²) in [5.41, 5.74) is -0.980. The minimum atomic E-state index is -1.37. The van der Waals surface area contributed by atoms with Crippen LogP contribution in [-0.2, 0) is 30.3 Å². The average Bonchev–Trinajstić information content (AvgIpc) is 3.24. The first kappa shape index (κ1) is 23.4. The van der Waals surface area contributed by atoms with E-state index in [1.54, 1.807) is 11.4 Å². The van der Waals surface area contributed by atoms with Crippen LogP contribution in [0.25, 0.3) is 0 Å². The fraction of sp³-hybridized carbons (Fsp3) is 0.591. The van der Waals surface area contributed by atoms with Crippen LogP contribution >= 0.6 is 11.3 Å². The summed E-state index contributed by atoms with van der Waals surface area (Å²) in [5.74, 6) is -2.16. The van der Waals surface area contributed by atoms with Gasteiger partial charge < -0.3 is 20.7 Å². The van der Waals surface area contributed by atoms with E-state index in [-0.39, 0.29) is 31.3 Å². The van der Waals surface area contributed by atoms with Crippen LogP contribution in [0.15, 0.2) is 11.4 Å². The van der Waals surface area contributed by atoms with Gasteiger partial charge in [-0.25, -0.2) is 4.79 Å². The number of piperidine rings is 1. The number of likely N-dealkylation sites (tertiary alicyclic amines) is 1. The Kier molecular flexibility index (Phi) is 6.80. The summed E-state index contributed by atoms with van der Waals surface area (Å²) in [7, 11) is 1.34. The van der Waals surface area contributed by atoms with Gasteiger partial charge in [0.25, 0.3) is 11.8 Å². The molecule has 3 heterocycles. The molecule has 178 valence electrons. The maximum atomic E-state index is 12.8. The summed E-state index contributed by atoms with van der Waals surface area (Å²) in [6.45, 7) is 0.373. The Labute approximate surface area is 195 Å². The van der Waals surface area contributed by atoms with Crippen molar-refractivity contribution in [3.05, 3.63) is 16.3 Å². The molecule has 2 saturated heterocycles. The van der Waals surface area contributed by atoms with Crippen molar-refractivity contribution in [1.82, 2.24) is 15.5 Å². The van der Waals surface area contributed by atoms with Crippen LogP contribution in [0.2, 0.25) is 0 Å². The topological polar surface area (TPSA) is 134 Å². The Morgan fingerprint density at radius 2 is 1.97 bits per heavy atom. The smallest absolute Gasteiger partial charge is 0.328 e.